The van der Waals surface area contributed by atoms with Crippen LogP contribution in [0.5, 0.6) is 11.5 Å². The van der Waals surface area contributed by atoms with E-state index in [1.165, 1.54) is 16.7 Å². The Labute approximate surface area is 213 Å². The van der Waals surface area contributed by atoms with Crippen molar-refractivity contribution < 1.29 is 19.1 Å². The number of nitrogens with zero attached hydrogens (tertiary/aromatic N) is 1. The van der Waals surface area contributed by atoms with Gasteiger partial charge in [0.15, 0.2) is 11.5 Å². The van der Waals surface area contributed by atoms with Crippen LogP contribution in [-0.4, -0.2) is 32.1 Å². The van der Waals surface area contributed by atoms with E-state index < -0.39 is 0 Å². The summed E-state index contributed by atoms with van der Waals surface area (Å²) in [4.78, 5) is 29.2. The number of fused-ring (bicyclic) bond motifs is 1. The summed E-state index contributed by atoms with van der Waals surface area (Å²) in [6, 6.07) is 20.4. The third-order valence-electron chi connectivity index (χ3n) is 5.32. The van der Waals surface area contributed by atoms with Gasteiger partial charge in [0, 0.05) is 16.5 Å². The Morgan fingerprint density at radius 3 is 2.60 bits per heavy atom. The molecule has 2 amide bonds. The van der Waals surface area contributed by atoms with Gasteiger partial charge < -0.3 is 14.8 Å². The number of hydrogen-bond donors (Lipinski definition) is 1. The number of hydrogen-bond acceptors (Lipinski definition) is 5. The number of benzene rings is 3. The highest BCUT2D eigenvalue weighted by atomic mass is 35.5. The molecule has 4 rings (SSSR count). The van der Waals surface area contributed by atoms with E-state index in [0.29, 0.717) is 40.3 Å². The Kier molecular flexibility index (Phi) is 8.00. The Morgan fingerprint density at radius 2 is 1.86 bits per heavy atom. The monoisotopic (exact) mass is 508 g/mol. The molecule has 1 aliphatic heterocycles. The lowest BCUT2D eigenvalue weighted by Crippen LogP contribution is -2.42. The normalized spacial score (nSPS) is 14.0. The predicted molar refractivity (Wildman–Crippen MR) is 140 cm³/mol. The average Bonchev–Trinajstić information content (AvgIpc) is 2.87. The van der Waals surface area contributed by atoms with Gasteiger partial charge in [-0.2, -0.15) is 0 Å². The van der Waals surface area contributed by atoms with Crippen LogP contribution in [0.4, 0.5) is 5.69 Å². The van der Waals surface area contributed by atoms with Crippen LogP contribution in [0.2, 0.25) is 5.02 Å². The number of carbonyl (C=O) groups is 2. The lowest BCUT2D eigenvalue weighted by atomic mass is 10.2. The van der Waals surface area contributed by atoms with Crippen molar-refractivity contribution in [3.63, 3.8) is 0 Å². The Bertz CT molecular complexity index is 1260. The highest BCUT2D eigenvalue weighted by Gasteiger charge is 2.30. The van der Waals surface area contributed by atoms with Gasteiger partial charge in [-0.25, -0.2) is 0 Å². The van der Waals surface area contributed by atoms with Crippen LogP contribution in [0.25, 0.3) is 6.08 Å². The van der Waals surface area contributed by atoms with E-state index in [2.05, 4.69) is 5.32 Å². The maximum Gasteiger partial charge on any atom is 0.265 e. The van der Waals surface area contributed by atoms with Crippen molar-refractivity contribution in [2.45, 2.75) is 18.4 Å². The largest absolute Gasteiger partial charge is 0.493 e. The molecule has 1 N–H and O–H groups in total. The molecule has 6 nitrogen and oxygen atoms in total. The first-order valence-electron chi connectivity index (χ1n) is 11.1. The van der Waals surface area contributed by atoms with E-state index in [0.717, 1.165) is 16.0 Å². The molecular formula is C27H25ClN2O4S. The Balaban J connectivity index is 1.49. The topological polar surface area (TPSA) is 67.9 Å². The number of anilines is 1. The Morgan fingerprint density at radius 1 is 1.09 bits per heavy atom. The summed E-state index contributed by atoms with van der Waals surface area (Å²) in [5.41, 5.74) is 2.44. The minimum atomic E-state index is -0.265. The summed E-state index contributed by atoms with van der Waals surface area (Å²) in [6.07, 6.45) is 1.82. The molecule has 0 bridgehead atoms. The number of halogens is 1. The van der Waals surface area contributed by atoms with E-state index in [9.17, 15) is 9.59 Å². The molecule has 0 unspecified atom stereocenters. The zero-order valence-corrected chi connectivity index (χ0v) is 21.0. The zero-order valence-electron chi connectivity index (χ0n) is 19.4. The molecule has 8 heteroatoms. The zero-order chi connectivity index (χ0) is 24.8. The van der Waals surface area contributed by atoms with Crippen molar-refractivity contribution in [3.8, 4) is 11.5 Å². The number of para-hydroxylation sites is 1. The maximum absolute atomic E-state index is 13.4. The van der Waals surface area contributed by atoms with Gasteiger partial charge in [0.1, 0.15) is 6.54 Å². The second kappa shape index (κ2) is 11.3. The molecular weight excluding hydrogens is 484 g/mol. The quantitative estimate of drug-likeness (QED) is 0.404. The fraction of sp³-hybridized carbons (Fsp3) is 0.185. The van der Waals surface area contributed by atoms with E-state index in [1.54, 1.807) is 19.2 Å². The molecule has 180 valence electrons. The summed E-state index contributed by atoms with van der Waals surface area (Å²) in [5, 5.41) is 3.53. The summed E-state index contributed by atoms with van der Waals surface area (Å²) < 4.78 is 10.9. The molecule has 1 heterocycles. The van der Waals surface area contributed by atoms with Gasteiger partial charge in [0.25, 0.3) is 5.91 Å². The van der Waals surface area contributed by atoms with Crippen LogP contribution in [0.3, 0.4) is 0 Å². The van der Waals surface area contributed by atoms with Crippen LogP contribution in [0, 0.1) is 0 Å². The lowest BCUT2D eigenvalue weighted by molar-refractivity contribution is -0.122. The predicted octanol–water partition coefficient (Wildman–Crippen LogP) is 5.54. The van der Waals surface area contributed by atoms with Crippen LogP contribution in [0.1, 0.15) is 18.1 Å². The number of thioether (sulfide) groups is 1. The number of rotatable bonds is 8. The van der Waals surface area contributed by atoms with Gasteiger partial charge >= 0.3 is 0 Å². The van der Waals surface area contributed by atoms with E-state index >= 15 is 0 Å². The molecule has 1 aliphatic rings. The first kappa shape index (κ1) is 24.7. The van der Waals surface area contributed by atoms with Crippen LogP contribution < -0.4 is 19.7 Å². The molecule has 0 saturated heterocycles. The number of ether oxygens (including phenoxy) is 2. The van der Waals surface area contributed by atoms with Gasteiger partial charge in [-0.3, -0.25) is 14.5 Å². The van der Waals surface area contributed by atoms with Crippen molar-refractivity contribution in [2.24, 2.45) is 0 Å². The first-order chi connectivity index (χ1) is 17.0. The third-order valence-corrected chi connectivity index (χ3v) is 6.65. The minimum absolute atomic E-state index is 0.0947. The molecule has 0 saturated carbocycles. The molecule has 3 aromatic rings. The lowest BCUT2D eigenvalue weighted by Gasteiger charge is -2.29. The molecule has 0 aliphatic carbocycles. The second-order valence-electron chi connectivity index (χ2n) is 7.72. The molecule has 35 heavy (non-hydrogen) atoms. The molecule has 0 radical (unpaired) electrons. The first-order valence-corrected chi connectivity index (χ1v) is 12.3. The number of carbonyl (C=O) groups excluding carboxylic acids is 2. The van der Waals surface area contributed by atoms with Gasteiger partial charge in [-0.15, -0.1) is 0 Å². The summed E-state index contributed by atoms with van der Waals surface area (Å²) in [6.45, 7) is 2.64. The van der Waals surface area contributed by atoms with Crippen molar-refractivity contribution >= 4 is 46.9 Å². The van der Waals surface area contributed by atoms with Crippen molar-refractivity contribution in [3.05, 3.63) is 87.8 Å². The smallest absolute Gasteiger partial charge is 0.265 e. The summed E-state index contributed by atoms with van der Waals surface area (Å²) >= 11 is 7.38. The van der Waals surface area contributed by atoms with E-state index in [4.69, 9.17) is 21.1 Å². The van der Waals surface area contributed by atoms with Gasteiger partial charge in [-0.05, 0) is 60.5 Å². The van der Waals surface area contributed by atoms with Crippen molar-refractivity contribution in [1.82, 2.24) is 5.32 Å². The summed E-state index contributed by atoms with van der Waals surface area (Å²) in [5.74, 6) is 0.770. The summed E-state index contributed by atoms with van der Waals surface area (Å²) in [7, 11) is 1.58. The third kappa shape index (κ3) is 5.99. The van der Waals surface area contributed by atoms with Gasteiger partial charge in [-0.1, -0.05) is 53.7 Å². The van der Waals surface area contributed by atoms with Gasteiger partial charge in [0.2, 0.25) is 5.91 Å². The SMILES string of the molecule is CCOc1ccc(CNC(=O)CN2C(=O)C(=Cc3ccc(Cl)cc3)Sc3ccccc32)cc1OC. The molecule has 0 fully saturated rings. The standard InChI is InChI=1S/C27H25ClN2O4S/c1-3-34-22-13-10-19(14-23(22)33-2)16-29-26(31)17-30-21-6-4-5-7-24(21)35-25(27(30)32)15-18-8-11-20(28)12-9-18/h4-15H,3,16-17H2,1-2H3,(H,29,31). The maximum atomic E-state index is 13.4. The molecule has 0 aromatic heterocycles. The second-order valence-corrected chi connectivity index (χ2v) is 9.24. The Hall–Kier alpha value is -3.42. The molecule has 0 atom stereocenters. The highest BCUT2D eigenvalue weighted by Crippen LogP contribution is 2.42. The minimum Gasteiger partial charge on any atom is -0.493 e. The van der Waals surface area contributed by atoms with E-state index in [1.807, 2.05) is 67.6 Å². The fourth-order valence-electron chi connectivity index (χ4n) is 3.63. The molecule has 0 spiro atoms. The van der Waals surface area contributed by atoms with Crippen molar-refractivity contribution in [2.75, 3.05) is 25.2 Å². The van der Waals surface area contributed by atoms with Crippen LogP contribution in [0.15, 0.2) is 76.5 Å². The number of amides is 2. The average molecular weight is 509 g/mol. The van der Waals surface area contributed by atoms with Crippen LogP contribution >= 0.6 is 23.4 Å². The number of methoxy groups -OCH3 is 1. The number of nitrogens with one attached hydrogen (secondary N) is 1. The van der Waals surface area contributed by atoms with Crippen LogP contribution in [-0.2, 0) is 16.1 Å². The fourth-order valence-corrected chi connectivity index (χ4v) is 4.81. The van der Waals surface area contributed by atoms with E-state index in [-0.39, 0.29) is 18.4 Å². The highest BCUT2D eigenvalue weighted by molar-refractivity contribution is 8.04. The molecule has 3 aromatic carbocycles. The van der Waals surface area contributed by atoms with Crippen molar-refractivity contribution in [1.29, 1.82) is 0 Å². The van der Waals surface area contributed by atoms with Gasteiger partial charge in [0.05, 0.1) is 24.3 Å².